The highest BCUT2D eigenvalue weighted by Crippen LogP contribution is 1.94. The summed E-state index contributed by atoms with van der Waals surface area (Å²) in [6.45, 7) is 2.88. The summed E-state index contributed by atoms with van der Waals surface area (Å²) in [6, 6.07) is 0. The third kappa shape index (κ3) is 2.80. The molecule has 0 aliphatic heterocycles. The van der Waals surface area contributed by atoms with Crippen molar-refractivity contribution in [3.8, 4) is 0 Å². The van der Waals surface area contributed by atoms with Crippen LogP contribution in [0.1, 0.15) is 5.56 Å². The molecule has 1 aromatic heterocycles. The van der Waals surface area contributed by atoms with Gasteiger partial charge in [-0.25, -0.2) is 0 Å². The summed E-state index contributed by atoms with van der Waals surface area (Å²) in [6.07, 6.45) is 7.94. The maximum Gasteiger partial charge on any atom is 0.0590 e. The molecule has 0 aliphatic rings. The monoisotopic (exact) mass is 168 g/mol. The molecule has 0 saturated carbocycles. The molecule has 0 atom stereocenters. The lowest BCUT2D eigenvalue weighted by Crippen LogP contribution is -1.94. The number of hydrogen-bond acceptors (Lipinski definition) is 2. The van der Waals surface area contributed by atoms with Gasteiger partial charge in [-0.3, -0.25) is 4.68 Å². The predicted octanol–water partition coefficient (Wildman–Crippen LogP) is 1.68. The Morgan fingerprint density at radius 2 is 2.45 bits per heavy atom. The van der Waals surface area contributed by atoms with Crippen LogP contribution in [0.15, 0.2) is 24.5 Å². The van der Waals surface area contributed by atoms with Gasteiger partial charge in [-0.15, -0.1) is 0 Å². The van der Waals surface area contributed by atoms with Crippen LogP contribution in [-0.4, -0.2) is 15.5 Å². The van der Waals surface area contributed by atoms with Gasteiger partial charge in [-0.1, -0.05) is 12.2 Å². The van der Waals surface area contributed by atoms with Crippen LogP contribution in [0.4, 0.5) is 0 Å². The third-order valence-corrected chi connectivity index (χ3v) is 1.54. The first kappa shape index (κ1) is 8.40. The molecule has 0 fully saturated rings. The van der Waals surface area contributed by atoms with E-state index in [9.17, 15) is 0 Å². The van der Waals surface area contributed by atoms with Crippen LogP contribution in [0.5, 0.6) is 0 Å². The largest absolute Gasteiger partial charge is 0.269 e. The number of hydrogen-bond donors (Lipinski definition) is 1. The van der Waals surface area contributed by atoms with Crippen LogP contribution in [0, 0.1) is 6.92 Å². The molecule has 1 aromatic rings. The van der Waals surface area contributed by atoms with Crippen molar-refractivity contribution in [1.29, 1.82) is 0 Å². The molecule has 0 spiro atoms. The van der Waals surface area contributed by atoms with E-state index in [0.717, 1.165) is 12.3 Å². The first-order valence-electron chi connectivity index (χ1n) is 3.58. The summed E-state index contributed by atoms with van der Waals surface area (Å²) in [5, 5.41) is 4.13. The lowest BCUT2D eigenvalue weighted by atomic mass is 10.4. The van der Waals surface area contributed by atoms with E-state index in [4.69, 9.17) is 0 Å². The van der Waals surface area contributed by atoms with Crippen molar-refractivity contribution in [2.45, 2.75) is 13.5 Å². The lowest BCUT2D eigenvalue weighted by Gasteiger charge is -1.92. The molecule has 0 bridgehead atoms. The van der Waals surface area contributed by atoms with E-state index in [0.29, 0.717) is 0 Å². The Bertz CT molecular complexity index is 240. The van der Waals surface area contributed by atoms with Gasteiger partial charge in [-0.2, -0.15) is 17.7 Å². The predicted molar refractivity (Wildman–Crippen MR) is 50.0 cm³/mol. The Kier molecular flexibility index (Phi) is 3.23. The number of aromatic nitrogens is 2. The topological polar surface area (TPSA) is 17.8 Å². The Morgan fingerprint density at radius 1 is 1.64 bits per heavy atom. The van der Waals surface area contributed by atoms with Crippen molar-refractivity contribution in [3.05, 3.63) is 30.1 Å². The van der Waals surface area contributed by atoms with E-state index in [1.807, 2.05) is 30.1 Å². The summed E-state index contributed by atoms with van der Waals surface area (Å²) in [7, 11) is 0. The van der Waals surface area contributed by atoms with E-state index < -0.39 is 0 Å². The minimum Gasteiger partial charge on any atom is -0.269 e. The van der Waals surface area contributed by atoms with Gasteiger partial charge in [0.15, 0.2) is 0 Å². The Balaban J connectivity index is 2.45. The van der Waals surface area contributed by atoms with Crippen molar-refractivity contribution in [2.24, 2.45) is 0 Å². The summed E-state index contributed by atoms with van der Waals surface area (Å²) in [5.41, 5.74) is 1.20. The van der Waals surface area contributed by atoms with Gasteiger partial charge in [0.2, 0.25) is 0 Å². The molecule has 0 radical (unpaired) electrons. The van der Waals surface area contributed by atoms with Crippen molar-refractivity contribution < 1.29 is 0 Å². The zero-order valence-electron chi connectivity index (χ0n) is 6.57. The quantitative estimate of drug-likeness (QED) is 0.537. The van der Waals surface area contributed by atoms with E-state index in [1.165, 1.54) is 5.56 Å². The minimum absolute atomic E-state index is 0.792. The van der Waals surface area contributed by atoms with Crippen molar-refractivity contribution in [2.75, 3.05) is 5.75 Å². The molecule has 2 nitrogen and oxygen atoms in total. The average Bonchev–Trinajstić information content (AvgIpc) is 2.37. The normalized spacial score (nSPS) is 11.1. The minimum atomic E-state index is 0.792. The van der Waals surface area contributed by atoms with Crippen molar-refractivity contribution in [3.63, 3.8) is 0 Å². The second-order valence-electron chi connectivity index (χ2n) is 2.39. The van der Waals surface area contributed by atoms with Crippen molar-refractivity contribution in [1.82, 2.24) is 9.78 Å². The van der Waals surface area contributed by atoms with E-state index in [-0.39, 0.29) is 0 Å². The van der Waals surface area contributed by atoms with Gasteiger partial charge in [0.25, 0.3) is 0 Å². The summed E-state index contributed by atoms with van der Waals surface area (Å²) < 4.78 is 1.90. The van der Waals surface area contributed by atoms with Crippen LogP contribution < -0.4 is 0 Å². The molecule has 0 aromatic carbocycles. The van der Waals surface area contributed by atoms with Crippen molar-refractivity contribution >= 4 is 12.6 Å². The number of thiol groups is 1. The van der Waals surface area contributed by atoms with E-state index in [1.54, 1.807) is 0 Å². The second-order valence-corrected chi connectivity index (χ2v) is 2.76. The van der Waals surface area contributed by atoms with E-state index >= 15 is 0 Å². The fourth-order valence-corrected chi connectivity index (χ4v) is 0.973. The zero-order valence-corrected chi connectivity index (χ0v) is 7.46. The van der Waals surface area contributed by atoms with Crippen LogP contribution in [-0.2, 0) is 6.54 Å². The summed E-state index contributed by atoms with van der Waals surface area (Å²) in [4.78, 5) is 0. The maximum atomic E-state index is 4.13. The highest BCUT2D eigenvalue weighted by molar-refractivity contribution is 7.80. The second kappa shape index (κ2) is 4.23. The SMILES string of the molecule is Cc1cnn(C/C=C/CS)c1. The van der Waals surface area contributed by atoms with Crippen LogP contribution >= 0.6 is 12.6 Å². The molecule has 60 valence electrons. The molecular formula is C8H12N2S. The van der Waals surface area contributed by atoms with Crippen LogP contribution in [0.25, 0.3) is 0 Å². The van der Waals surface area contributed by atoms with Gasteiger partial charge in [0.1, 0.15) is 0 Å². The molecule has 3 heteroatoms. The first-order chi connectivity index (χ1) is 5.33. The van der Waals surface area contributed by atoms with Gasteiger partial charge < -0.3 is 0 Å². The molecule has 0 aliphatic carbocycles. The molecular weight excluding hydrogens is 156 g/mol. The van der Waals surface area contributed by atoms with Gasteiger partial charge in [0, 0.05) is 11.9 Å². The first-order valence-corrected chi connectivity index (χ1v) is 4.21. The molecule has 0 saturated heterocycles. The standard InChI is InChI=1S/C8H12N2S/c1-8-6-9-10(7-8)4-2-3-5-11/h2-3,6-7,11H,4-5H2,1H3/b3-2+. The Morgan fingerprint density at radius 3 is 3.00 bits per heavy atom. The van der Waals surface area contributed by atoms with Crippen LogP contribution in [0.3, 0.4) is 0 Å². The molecule has 11 heavy (non-hydrogen) atoms. The summed E-state index contributed by atoms with van der Waals surface area (Å²) in [5.74, 6) is 0.792. The van der Waals surface area contributed by atoms with Gasteiger partial charge >= 0.3 is 0 Å². The fourth-order valence-electron chi connectivity index (χ4n) is 0.824. The fraction of sp³-hybridized carbons (Fsp3) is 0.375. The van der Waals surface area contributed by atoms with Gasteiger partial charge in [-0.05, 0) is 12.5 Å². The van der Waals surface area contributed by atoms with E-state index in [2.05, 4.69) is 23.8 Å². The van der Waals surface area contributed by atoms with Crippen LogP contribution in [0.2, 0.25) is 0 Å². The highest BCUT2D eigenvalue weighted by Gasteiger charge is 1.88. The number of nitrogens with zero attached hydrogens (tertiary/aromatic N) is 2. The molecule has 1 heterocycles. The Labute approximate surface area is 72.3 Å². The zero-order chi connectivity index (χ0) is 8.10. The number of rotatable bonds is 3. The Hall–Kier alpha value is -0.700. The number of allylic oxidation sites excluding steroid dienone is 1. The molecule has 0 unspecified atom stereocenters. The highest BCUT2D eigenvalue weighted by atomic mass is 32.1. The third-order valence-electron chi connectivity index (χ3n) is 1.33. The van der Waals surface area contributed by atoms with Gasteiger partial charge in [0.05, 0.1) is 12.7 Å². The summed E-state index contributed by atoms with van der Waals surface area (Å²) >= 11 is 4.06. The number of aryl methyl sites for hydroxylation is 1. The molecule has 0 amide bonds. The molecule has 0 N–H and O–H groups in total. The molecule has 1 rings (SSSR count). The maximum absolute atomic E-state index is 4.13. The smallest absolute Gasteiger partial charge is 0.0590 e. The lowest BCUT2D eigenvalue weighted by molar-refractivity contribution is 0.701. The average molecular weight is 168 g/mol.